The van der Waals surface area contributed by atoms with Crippen molar-refractivity contribution in [2.45, 2.75) is 25.8 Å². The molecule has 4 rings (SSSR count). The van der Waals surface area contributed by atoms with Crippen molar-refractivity contribution in [2.75, 3.05) is 5.32 Å². The van der Waals surface area contributed by atoms with Gasteiger partial charge in [-0.25, -0.2) is 0 Å². The van der Waals surface area contributed by atoms with Gasteiger partial charge in [-0.1, -0.05) is 23.8 Å². The molecule has 0 saturated carbocycles. The number of carbonyl (C=O) groups excluding carboxylic acids is 5. The number of anilines is 1. The number of aryl methyl sites for hydroxylation is 1. The quantitative estimate of drug-likeness (QED) is 0.773. The number of rotatable bonds is 3. The number of hydrogen-bond acceptors (Lipinski definition) is 5. The molecule has 2 aromatic rings. The second kappa shape index (κ2) is 6.97. The van der Waals surface area contributed by atoms with E-state index in [0.717, 1.165) is 10.5 Å². The van der Waals surface area contributed by atoms with Gasteiger partial charge in [-0.3, -0.25) is 34.2 Å². The summed E-state index contributed by atoms with van der Waals surface area (Å²) in [7, 11) is 0. The first-order valence-electron chi connectivity index (χ1n) is 9.09. The maximum Gasteiger partial charge on any atom is 0.264 e. The molecule has 29 heavy (non-hydrogen) atoms. The summed E-state index contributed by atoms with van der Waals surface area (Å²) in [6.45, 7) is 1.90. The lowest BCUT2D eigenvalue weighted by molar-refractivity contribution is -0.136. The molecule has 2 aliphatic rings. The van der Waals surface area contributed by atoms with Crippen LogP contribution in [0.1, 0.15) is 49.5 Å². The minimum Gasteiger partial charge on any atom is -0.321 e. The second-order valence-electron chi connectivity index (χ2n) is 7.00. The van der Waals surface area contributed by atoms with Gasteiger partial charge in [-0.05, 0) is 37.6 Å². The number of nitrogens with one attached hydrogen (secondary N) is 2. The van der Waals surface area contributed by atoms with Gasteiger partial charge in [0.25, 0.3) is 17.7 Å². The lowest BCUT2D eigenvalue weighted by atomic mass is 10.0. The van der Waals surface area contributed by atoms with Crippen LogP contribution in [0.2, 0.25) is 0 Å². The summed E-state index contributed by atoms with van der Waals surface area (Å²) in [6.07, 6.45) is 0.113. The van der Waals surface area contributed by atoms with Crippen molar-refractivity contribution in [3.8, 4) is 0 Å². The van der Waals surface area contributed by atoms with Gasteiger partial charge in [0.05, 0.1) is 16.8 Å². The fraction of sp³-hybridized carbons (Fsp3) is 0.190. The number of fused-ring (bicyclic) bond motifs is 1. The Hall–Kier alpha value is -3.81. The first-order valence-corrected chi connectivity index (χ1v) is 9.09. The van der Waals surface area contributed by atoms with Gasteiger partial charge in [0.15, 0.2) is 0 Å². The molecule has 2 heterocycles. The van der Waals surface area contributed by atoms with Gasteiger partial charge in [0.2, 0.25) is 11.8 Å². The summed E-state index contributed by atoms with van der Waals surface area (Å²) in [5, 5.41) is 4.83. The Balaban J connectivity index is 1.64. The van der Waals surface area contributed by atoms with E-state index in [1.54, 1.807) is 30.3 Å². The van der Waals surface area contributed by atoms with Crippen LogP contribution in [0.4, 0.5) is 5.69 Å². The van der Waals surface area contributed by atoms with Crippen LogP contribution in [0, 0.1) is 6.92 Å². The Morgan fingerprint density at radius 1 is 1.03 bits per heavy atom. The predicted molar refractivity (Wildman–Crippen MR) is 102 cm³/mol. The molecule has 1 atom stereocenters. The van der Waals surface area contributed by atoms with Gasteiger partial charge in [-0.15, -0.1) is 0 Å². The van der Waals surface area contributed by atoms with Crippen LogP contribution >= 0.6 is 0 Å². The number of nitrogens with zero attached hydrogens (tertiary/aromatic N) is 1. The third kappa shape index (κ3) is 3.18. The van der Waals surface area contributed by atoms with Crippen LogP contribution in [0.5, 0.6) is 0 Å². The summed E-state index contributed by atoms with van der Waals surface area (Å²) in [4.78, 5) is 62.8. The number of benzene rings is 2. The molecular formula is C21H17N3O5. The monoisotopic (exact) mass is 391 g/mol. The number of carbonyl (C=O) groups is 5. The van der Waals surface area contributed by atoms with Crippen molar-refractivity contribution in [3.63, 3.8) is 0 Å². The van der Waals surface area contributed by atoms with E-state index in [4.69, 9.17) is 0 Å². The van der Waals surface area contributed by atoms with Gasteiger partial charge in [0.1, 0.15) is 6.04 Å². The number of piperidine rings is 1. The first-order chi connectivity index (χ1) is 13.9. The van der Waals surface area contributed by atoms with Gasteiger partial charge >= 0.3 is 0 Å². The third-order valence-electron chi connectivity index (χ3n) is 5.03. The van der Waals surface area contributed by atoms with Crippen molar-refractivity contribution in [3.05, 3.63) is 64.7 Å². The molecular weight excluding hydrogens is 374 g/mol. The average Bonchev–Trinajstić information content (AvgIpc) is 2.94. The SMILES string of the molecule is Cc1ccc(C(=O)Nc2cccc3c2C(=O)N(C2CCC(=O)NC2=O)C3=O)cc1. The standard InChI is InChI=1S/C21H17N3O5/c1-11-5-7-12(8-6-11)18(26)22-14-4-2-3-13-17(14)21(29)24(20(13)28)15-9-10-16(25)23-19(15)27/h2-8,15H,9-10H2,1H3,(H,22,26)(H,23,25,27). The molecule has 2 aromatic carbocycles. The molecule has 8 nitrogen and oxygen atoms in total. The maximum atomic E-state index is 13.0. The van der Waals surface area contributed by atoms with Crippen molar-refractivity contribution in [1.82, 2.24) is 10.2 Å². The first kappa shape index (κ1) is 18.5. The Kier molecular flexibility index (Phi) is 4.46. The second-order valence-corrected chi connectivity index (χ2v) is 7.00. The summed E-state index contributed by atoms with van der Waals surface area (Å²) in [6, 6.07) is 10.4. The summed E-state index contributed by atoms with van der Waals surface area (Å²) >= 11 is 0. The number of hydrogen-bond donors (Lipinski definition) is 2. The molecule has 0 bridgehead atoms. The molecule has 5 amide bonds. The fourth-order valence-electron chi connectivity index (χ4n) is 3.52. The zero-order chi connectivity index (χ0) is 20.7. The van der Waals surface area contributed by atoms with Crippen LogP contribution in [-0.4, -0.2) is 40.5 Å². The smallest absolute Gasteiger partial charge is 0.264 e. The van der Waals surface area contributed by atoms with Crippen LogP contribution in [0.3, 0.4) is 0 Å². The topological polar surface area (TPSA) is 113 Å². The molecule has 1 unspecified atom stereocenters. The van der Waals surface area contributed by atoms with E-state index in [1.165, 1.54) is 12.1 Å². The molecule has 2 N–H and O–H groups in total. The Bertz CT molecular complexity index is 1070. The summed E-state index contributed by atoms with van der Waals surface area (Å²) in [5.74, 6) is -2.82. The predicted octanol–water partition coefficient (Wildman–Crippen LogP) is 1.65. The van der Waals surface area contributed by atoms with Gasteiger partial charge < -0.3 is 5.32 Å². The van der Waals surface area contributed by atoms with E-state index in [9.17, 15) is 24.0 Å². The van der Waals surface area contributed by atoms with Gasteiger partial charge in [0, 0.05) is 12.0 Å². The van der Waals surface area contributed by atoms with E-state index in [-0.39, 0.29) is 29.7 Å². The Morgan fingerprint density at radius 2 is 1.76 bits per heavy atom. The largest absolute Gasteiger partial charge is 0.321 e. The summed E-state index contributed by atoms with van der Waals surface area (Å²) in [5.41, 5.74) is 1.76. The average molecular weight is 391 g/mol. The fourth-order valence-corrected chi connectivity index (χ4v) is 3.52. The van der Waals surface area contributed by atoms with Crippen molar-refractivity contribution in [2.24, 2.45) is 0 Å². The Labute approximate surface area is 165 Å². The van der Waals surface area contributed by atoms with Crippen molar-refractivity contribution in [1.29, 1.82) is 0 Å². The molecule has 0 aliphatic carbocycles. The minimum absolute atomic E-state index is 0.0425. The highest BCUT2D eigenvalue weighted by molar-refractivity contribution is 6.26. The molecule has 0 radical (unpaired) electrons. The van der Waals surface area contributed by atoms with E-state index in [1.807, 2.05) is 6.92 Å². The van der Waals surface area contributed by atoms with E-state index in [0.29, 0.717) is 5.56 Å². The number of imide groups is 2. The minimum atomic E-state index is -1.05. The lowest BCUT2D eigenvalue weighted by Crippen LogP contribution is -2.54. The van der Waals surface area contributed by atoms with E-state index < -0.39 is 35.6 Å². The van der Waals surface area contributed by atoms with Crippen molar-refractivity contribution >= 4 is 35.2 Å². The van der Waals surface area contributed by atoms with Crippen LogP contribution in [0.25, 0.3) is 0 Å². The molecule has 146 valence electrons. The highest BCUT2D eigenvalue weighted by Crippen LogP contribution is 2.32. The van der Waals surface area contributed by atoms with Crippen LogP contribution < -0.4 is 10.6 Å². The highest BCUT2D eigenvalue weighted by Gasteiger charge is 2.45. The Morgan fingerprint density at radius 3 is 2.45 bits per heavy atom. The van der Waals surface area contributed by atoms with E-state index >= 15 is 0 Å². The lowest BCUT2D eigenvalue weighted by Gasteiger charge is -2.27. The molecule has 1 saturated heterocycles. The molecule has 8 heteroatoms. The zero-order valence-corrected chi connectivity index (χ0v) is 15.5. The van der Waals surface area contributed by atoms with Gasteiger partial charge in [-0.2, -0.15) is 0 Å². The molecule has 2 aliphatic heterocycles. The zero-order valence-electron chi connectivity index (χ0n) is 15.5. The molecule has 1 fully saturated rings. The van der Waals surface area contributed by atoms with Crippen LogP contribution in [0.15, 0.2) is 42.5 Å². The number of amides is 5. The highest BCUT2D eigenvalue weighted by atomic mass is 16.2. The molecule has 0 aromatic heterocycles. The van der Waals surface area contributed by atoms with Crippen LogP contribution in [-0.2, 0) is 9.59 Å². The maximum absolute atomic E-state index is 13.0. The third-order valence-corrected chi connectivity index (χ3v) is 5.03. The normalized spacial score (nSPS) is 18.5. The molecule has 0 spiro atoms. The summed E-state index contributed by atoms with van der Waals surface area (Å²) < 4.78 is 0. The van der Waals surface area contributed by atoms with Crippen molar-refractivity contribution < 1.29 is 24.0 Å². The van der Waals surface area contributed by atoms with E-state index in [2.05, 4.69) is 10.6 Å².